The lowest BCUT2D eigenvalue weighted by Crippen LogP contribution is -2.09. The highest BCUT2D eigenvalue weighted by molar-refractivity contribution is 7.92. The second-order valence-electron chi connectivity index (χ2n) is 4.32. The van der Waals surface area contributed by atoms with E-state index in [-0.39, 0.29) is 22.2 Å². The topological polar surface area (TPSA) is 104 Å². The highest BCUT2D eigenvalue weighted by Gasteiger charge is 2.22. The van der Waals surface area contributed by atoms with Crippen LogP contribution in [0.5, 0.6) is 11.9 Å². The van der Waals surface area contributed by atoms with Gasteiger partial charge in [0.25, 0.3) is 0 Å². The van der Waals surface area contributed by atoms with Crippen molar-refractivity contribution in [3.8, 4) is 11.9 Å². The standard InChI is InChI=1S/C11H14N4O4S2/c1-7(2)19-9-5-12-8(4-13-9)6-21(16,17)11-14-10(18-3)15-20-11/h4-5,7H,6H2,1-3H3. The van der Waals surface area contributed by atoms with Crippen LogP contribution in [0.4, 0.5) is 0 Å². The van der Waals surface area contributed by atoms with Crippen LogP contribution in [0.25, 0.3) is 0 Å². The highest BCUT2D eigenvalue weighted by atomic mass is 32.2. The van der Waals surface area contributed by atoms with E-state index in [1.807, 2.05) is 13.8 Å². The molecule has 2 aromatic rings. The zero-order chi connectivity index (χ0) is 15.5. The molecule has 0 spiro atoms. The summed E-state index contributed by atoms with van der Waals surface area (Å²) in [7, 11) is -2.24. The molecule has 21 heavy (non-hydrogen) atoms. The molecule has 114 valence electrons. The van der Waals surface area contributed by atoms with Crippen LogP contribution >= 0.6 is 11.5 Å². The summed E-state index contributed by atoms with van der Waals surface area (Å²) < 4.78 is 38.1. The molecule has 0 aliphatic rings. The molecule has 0 amide bonds. The van der Waals surface area contributed by atoms with Gasteiger partial charge in [-0.25, -0.2) is 13.4 Å². The fraction of sp³-hybridized carbons (Fsp3) is 0.455. The van der Waals surface area contributed by atoms with Crippen LogP contribution in [0.3, 0.4) is 0 Å². The number of rotatable bonds is 6. The Kier molecular flexibility index (Phi) is 4.68. The van der Waals surface area contributed by atoms with Crippen molar-refractivity contribution in [2.45, 2.75) is 30.0 Å². The Morgan fingerprint density at radius 3 is 2.57 bits per heavy atom. The van der Waals surface area contributed by atoms with Crippen LogP contribution in [0.2, 0.25) is 0 Å². The van der Waals surface area contributed by atoms with Gasteiger partial charge in [0.05, 0.1) is 31.3 Å². The van der Waals surface area contributed by atoms with E-state index in [4.69, 9.17) is 9.47 Å². The molecule has 0 aromatic carbocycles. The lowest BCUT2D eigenvalue weighted by Gasteiger charge is -2.08. The van der Waals surface area contributed by atoms with Gasteiger partial charge >= 0.3 is 6.01 Å². The highest BCUT2D eigenvalue weighted by Crippen LogP contribution is 2.20. The third kappa shape index (κ3) is 4.08. The summed E-state index contributed by atoms with van der Waals surface area (Å²) in [6.45, 7) is 3.73. The van der Waals surface area contributed by atoms with E-state index in [1.165, 1.54) is 19.5 Å². The maximum absolute atomic E-state index is 12.1. The van der Waals surface area contributed by atoms with Gasteiger partial charge in [0, 0.05) is 11.5 Å². The zero-order valence-electron chi connectivity index (χ0n) is 11.7. The Morgan fingerprint density at radius 1 is 1.29 bits per heavy atom. The van der Waals surface area contributed by atoms with Crippen LogP contribution in [-0.4, -0.2) is 41.0 Å². The molecule has 2 aromatic heterocycles. The van der Waals surface area contributed by atoms with Crippen molar-refractivity contribution in [2.24, 2.45) is 0 Å². The van der Waals surface area contributed by atoms with E-state index in [9.17, 15) is 8.42 Å². The van der Waals surface area contributed by atoms with Crippen molar-refractivity contribution < 1.29 is 17.9 Å². The monoisotopic (exact) mass is 330 g/mol. The van der Waals surface area contributed by atoms with Gasteiger partial charge in [-0.05, 0) is 13.8 Å². The molecule has 0 atom stereocenters. The lowest BCUT2D eigenvalue weighted by molar-refractivity contribution is 0.231. The first-order valence-corrected chi connectivity index (χ1v) is 8.41. The van der Waals surface area contributed by atoms with Crippen molar-refractivity contribution >= 4 is 21.4 Å². The Morgan fingerprint density at radius 2 is 2.05 bits per heavy atom. The first-order valence-electron chi connectivity index (χ1n) is 5.99. The predicted octanol–water partition coefficient (Wildman–Crippen LogP) is 1.10. The van der Waals surface area contributed by atoms with Gasteiger partial charge in [0.1, 0.15) is 5.75 Å². The molecule has 0 aliphatic heterocycles. The first-order chi connectivity index (χ1) is 9.90. The normalized spacial score (nSPS) is 11.6. The minimum absolute atomic E-state index is 0.0252. The van der Waals surface area contributed by atoms with E-state index >= 15 is 0 Å². The van der Waals surface area contributed by atoms with Crippen LogP contribution in [0, 0.1) is 0 Å². The van der Waals surface area contributed by atoms with Crippen molar-refractivity contribution in [3.05, 3.63) is 18.1 Å². The van der Waals surface area contributed by atoms with Gasteiger partial charge in [-0.3, -0.25) is 4.98 Å². The second-order valence-corrected chi connectivity index (χ2v) is 7.23. The van der Waals surface area contributed by atoms with E-state index in [2.05, 4.69) is 19.3 Å². The van der Waals surface area contributed by atoms with Crippen LogP contribution in [0.15, 0.2) is 16.7 Å². The fourth-order valence-electron chi connectivity index (χ4n) is 1.38. The van der Waals surface area contributed by atoms with Gasteiger partial charge in [-0.15, -0.1) is 4.37 Å². The van der Waals surface area contributed by atoms with Crippen LogP contribution in [-0.2, 0) is 15.6 Å². The summed E-state index contributed by atoms with van der Waals surface area (Å²) in [5, 5.41) is 0. The third-order valence-electron chi connectivity index (χ3n) is 2.21. The predicted molar refractivity (Wildman–Crippen MR) is 75.1 cm³/mol. The van der Waals surface area contributed by atoms with Crippen molar-refractivity contribution in [1.82, 2.24) is 19.3 Å². The fourth-order valence-corrected chi connectivity index (χ4v) is 3.39. The molecular weight excluding hydrogens is 316 g/mol. The molecule has 0 saturated heterocycles. The van der Waals surface area contributed by atoms with E-state index in [1.54, 1.807) is 0 Å². The van der Waals surface area contributed by atoms with Crippen molar-refractivity contribution in [1.29, 1.82) is 0 Å². The molecule has 8 nitrogen and oxygen atoms in total. The SMILES string of the molecule is COc1nsc(S(=O)(=O)Cc2cnc(OC(C)C)cn2)n1. The Bertz CT molecular complexity index is 697. The van der Waals surface area contributed by atoms with E-state index in [0.29, 0.717) is 11.6 Å². The second kappa shape index (κ2) is 6.31. The zero-order valence-corrected chi connectivity index (χ0v) is 13.3. The molecule has 2 heterocycles. The molecule has 0 saturated carbocycles. The number of aromatic nitrogens is 4. The number of nitrogens with zero attached hydrogens (tertiary/aromatic N) is 4. The van der Waals surface area contributed by atoms with Crippen LogP contribution in [0.1, 0.15) is 19.5 Å². The molecule has 0 bridgehead atoms. The molecule has 0 unspecified atom stereocenters. The molecule has 0 fully saturated rings. The number of hydrogen-bond acceptors (Lipinski definition) is 9. The largest absolute Gasteiger partial charge is 0.474 e. The number of methoxy groups -OCH3 is 1. The number of sulfone groups is 1. The molecule has 10 heteroatoms. The first kappa shape index (κ1) is 15.6. The summed E-state index contributed by atoms with van der Waals surface area (Å²) in [4.78, 5) is 11.8. The molecule has 0 N–H and O–H groups in total. The van der Waals surface area contributed by atoms with Crippen LogP contribution < -0.4 is 9.47 Å². The minimum atomic E-state index is -3.62. The summed E-state index contributed by atoms with van der Waals surface area (Å²) in [5.74, 6) is 0.0454. The summed E-state index contributed by atoms with van der Waals surface area (Å²) in [6.07, 6.45) is 2.74. The average Bonchev–Trinajstić information content (AvgIpc) is 2.90. The molecule has 0 aliphatic carbocycles. The molecule has 2 rings (SSSR count). The maximum atomic E-state index is 12.1. The average molecular weight is 330 g/mol. The number of hydrogen-bond donors (Lipinski definition) is 0. The maximum Gasteiger partial charge on any atom is 0.329 e. The van der Waals surface area contributed by atoms with E-state index in [0.717, 1.165) is 11.5 Å². The number of ether oxygens (including phenoxy) is 2. The summed E-state index contributed by atoms with van der Waals surface area (Å²) in [5.41, 5.74) is 0.306. The summed E-state index contributed by atoms with van der Waals surface area (Å²) >= 11 is 0.765. The van der Waals surface area contributed by atoms with Crippen molar-refractivity contribution in [2.75, 3.05) is 7.11 Å². The lowest BCUT2D eigenvalue weighted by atomic mass is 10.5. The quantitative estimate of drug-likeness (QED) is 0.775. The summed E-state index contributed by atoms with van der Waals surface area (Å²) in [6, 6.07) is 0.0327. The Balaban J connectivity index is 2.13. The third-order valence-corrected chi connectivity index (χ3v) is 4.99. The van der Waals surface area contributed by atoms with E-state index < -0.39 is 9.84 Å². The van der Waals surface area contributed by atoms with Gasteiger partial charge in [0.15, 0.2) is 0 Å². The minimum Gasteiger partial charge on any atom is -0.474 e. The van der Waals surface area contributed by atoms with Gasteiger partial charge in [-0.1, -0.05) is 0 Å². The smallest absolute Gasteiger partial charge is 0.329 e. The molecular formula is C11H14N4O4S2. The Hall–Kier alpha value is -1.81. The molecule has 0 radical (unpaired) electrons. The van der Waals surface area contributed by atoms with Gasteiger partial charge in [0.2, 0.25) is 20.1 Å². The van der Waals surface area contributed by atoms with Crippen molar-refractivity contribution in [3.63, 3.8) is 0 Å². The van der Waals surface area contributed by atoms with Gasteiger partial charge < -0.3 is 9.47 Å². The van der Waals surface area contributed by atoms with Gasteiger partial charge in [-0.2, -0.15) is 4.98 Å². The Labute approximate surface area is 126 Å².